The van der Waals surface area contributed by atoms with Crippen molar-refractivity contribution >= 4 is 0 Å². The Morgan fingerprint density at radius 3 is 2.43 bits per heavy atom. The molecule has 0 amide bonds. The Morgan fingerprint density at radius 1 is 1.17 bits per heavy atom. The van der Waals surface area contributed by atoms with E-state index in [1.807, 2.05) is 0 Å². The molecule has 0 bridgehead atoms. The maximum absolute atomic E-state index is 13.0. The van der Waals surface area contributed by atoms with Crippen LogP contribution in [0.25, 0.3) is 0 Å². The van der Waals surface area contributed by atoms with E-state index in [-0.39, 0.29) is 11.2 Å². The van der Waals surface area contributed by atoms with E-state index >= 15 is 0 Å². The Bertz CT molecular complexity index is 595. The van der Waals surface area contributed by atoms with E-state index in [1.165, 1.54) is 18.5 Å². The highest BCUT2D eigenvalue weighted by Crippen LogP contribution is 2.40. The summed E-state index contributed by atoms with van der Waals surface area (Å²) in [5.41, 5.74) is -0.144. The van der Waals surface area contributed by atoms with Gasteiger partial charge in [-0.1, -0.05) is 39.3 Å². The Kier molecular flexibility index (Phi) is 5.52. The van der Waals surface area contributed by atoms with Crippen molar-refractivity contribution in [3.05, 3.63) is 48.3 Å². The summed E-state index contributed by atoms with van der Waals surface area (Å²) in [7, 11) is 0. The molecule has 1 aromatic heterocycles. The van der Waals surface area contributed by atoms with Gasteiger partial charge in [0.1, 0.15) is 18.5 Å². The van der Waals surface area contributed by atoms with Crippen LogP contribution in [0.3, 0.4) is 0 Å². The summed E-state index contributed by atoms with van der Waals surface area (Å²) in [4.78, 5) is 3.96. The van der Waals surface area contributed by atoms with Gasteiger partial charge in [-0.2, -0.15) is 5.10 Å². The van der Waals surface area contributed by atoms with Crippen molar-refractivity contribution in [2.45, 2.75) is 58.6 Å². The number of hydrogen-bond acceptors (Lipinski definition) is 3. The summed E-state index contributed by atoms with van der Waals surface area (Å²) in [6.07, 6.45) is 6.31. The fraction of sp³-hybridized carbons (Fsp3) is 0.556. The van der Waals surface area contributed by atoms with Gasteiger partial charge >= 0.3 is 0 Å². The first-order chi connectivity index (χ1) is 10.9. The highest BCUT2D eigenvalue weighted by Gasteiger charge is 2.42. The molecular formula is C18H26FN3O. The van der Waals surface area contributed by atoms with Gasteiger partial charge in [0, 0.05) is 0 Å². The van der Waals surface area contributed by atoms with E-state index in [0.717, 1.165) is 18.4 Å². The van der Waals surface area contributed by atoms with E-state index in [2.05, 4.69) is 30.9 Å². The standard InChI is InChI=1S/C18H26FN3O/c1-4-10-17(2,3)18(23,12-22-14-20-13-21-22)11-9-15-5-7-16(19)8-6-15/h5-8,13-14,23H,4,9-12H2,1-3H3. The van der Waals surface area contributed by atoms with E-state index in [1.54, 1.807) is 23.1 Å². The molecule has 1 aromatic carbocycles. The fourth-order valence-corrected chi connectivity index (χ4v) is 3.07. The number of aryl methyl sites for hydroxylation is 1. The van der Waals surface area contributed by atoms with E-state index in [4.69, 9.17) is 0 Å². The molecule has 0 aliphatic carbocycles. The van der Waals surface area contributed by atoms with Crippen molar-refractivity contribution < 1.29 is 9.50 Å². The summed E-state index contributed by atoms with van der Waals surface area (Å²) >= 11 is 0. The molecule has 1 atom stereocenters. The molecule has 1 heterocycles. The molecule has 5 heteroatoms. The molecule has 0 radical (unpaired) electrons. The average molecular weight is 319 g/mol. The zero-order chi connectivity index (χ0) is 16.9. The van der Waals surface area contributed by atoms with E-state index < -0.39 is 5.60 Å². The minimum Gasteiger partial charge on any atom is -0.387 e. The molecule has 0 fully saturated rings. The minimum atomic E-state index is -0.912. The lowest BCUT2D eigenvalue weighted by Gasteiger charge is -2.43. The van der Waals surface area contributed by atoms with Gasteiger partial charge in [-0.25, -0.2) is 9.37 Å². The summed E-state index contributed by atoms with van der Waals surface area (Å²) in [6.45, 7) is 6.72. The zero-order valence-electron chi connectivity index (χ0n) is 14.2. The molecule has 1 unspecified atom stereocenters. The Labute approximate surface area is 137 Å². The van der Waals surface area contributed by atoms with Crippen molar-refractivity contribution in [1.29, 1.82) is 0 Å². The number of halogens is 1. The lowest BCUT2D eigenvalue weighted by molar-refractivity contribution is -0.0923. The molecule has 0 spiro atoms. The van der Waals surface area contributed by atoms with E-state index in [0.29, 0.717) is 19.4 Å². The van der Waals surface area contributed by atoms with Crippen LogP contribution < -0.4 is 0 Å². The van der Waals surface area contributed by atoms with Gasteiger partial charge in [0.05, 0.1) is 12.1 Å². The van der Waals surface area contributed by atoms with Crippen LogP contribution in [-0.2, 0) is 13.0 Å². The second kappa shape index (κ2) is 7.21. The molecule has 0 saturated heterocycles. The minimum absolute atomic E-state index is 0.238. The molecule has 0 aliphatic heterocycles. The van der Waals surface area contributed by atoms with Gasteiger partial charge in [0.25, 0.3) is 0 Å². The van der Waals surface area contributed by atoms with Gasteiger partial charge in [0.15, 0.2) is 0 Å². The van der Waals surface area contributed by atoms with Crippen LogP contribution in [0.1, 0.15) is 45.6 Å². The van der Waals surface area contributed by atoms with Crippen LogP contribution in [0, 0.1) is 11.2 Å². The van der Waals surface area contributed by atoms with Crippen molar-refractivity contribution in [2.24, 2.45) is 5.41 Å². The van der Waals surface area contributed by atoms with Crippen LogP contribution in [-0.4, -0.2) is 25.5 Å². The normalized spacial score (nSPS) is 14.7. The second-order valence-corrected chi connectivity index (χ2v) is 6.88. The van der Waals surface area contributed by atoms with Crippen LogP contribution in [0.15, 0.2) is 36.9 Å². The smallest absolute Gasteiger partial charge is 0.137 e. The van der Waals surface area contributed by atoms with E-state index in [9.17, 15) is 9.50 Å². The average Bonchev–Trinajstić information content (AvgIpc) is 2.99. The van der Waals surface area contributed by atoms with Gasteiger partial charge in [0.2, 0.25) is 0 Å². The number of aromatic nitrogens is 3. The van der Waals surface area contributed by atoms with Crippen LogP contribution >= 0.6 is 0 Å². The quantitative estimate of drug-likeness (QED) is 0.808. The maximum Gasteiger partial charge on any atom is 0.137 e. The van der Waals surface area contributed by atoms with Crippen LogP contribution in [0.4, 0.5) is 4.39 Å². The van der Waals surface area contributed by atoms with Gasteiger partial charge in [-0.15, -0.1) is 0 Å². The molecule has 0 aliphatic rings. The van der Waals surface area contributed by atoms with Crippen molar-refractivity contribution in [2.75, 3.05) is 0 Å². The third-order valence-electron chi connectivity index (χ3n) is 4.77. The second-order valence-electron chi connectivity index (χ2n) is 6.88. The molecule has 0 saturated carbocycles. The molecule has 4 nitrogen and oxygen atoms in total. The van der Waals surface area contributed by atoms with Crippen molar-refractivity contribution in [1.82, 2.24) is 14.8 Å². The maximum atomic E-state index is 13.0. The van der Waals surface area contributed by atoms with Crippen LogP contribution in [0.5, 0.6) is 0 Å². The summed E-state index contributed by atoms with van der Waals surface area (Å²) < 4.78 is 14.7. The summed E-state index contributed by atoms with van der Waals surface area (Å²) in [5.74, 6) is -0.238. The molecule has 2 aromatic rings. The molecular weight excluding hydrogens is 293 g/mol. The predicted molar refractivity (Wildman–Crippen MR) is 88.4 cm³/mol. The third-order valence-corrected chi connectivity index (χ3v) is 4.77. The number of hydrogen-bond donors (Lipinski definition) is 1. The fourth-order valence-electron chi connectivity index (χ4n) is 3.07. The largest absolute Gasteiger partial charge is 0.387 e. The number of nitrogens with zero attached hydrogens (tertiary/aromatic N) is 3. The Morgan fingerprint density at radius 2 is 1.87 bits per heavy atom. The van der Waals surface area contributed by atoms with Crippen LogP contribution in [0.2, 0.25) is 0 Å². The first-order valence-electron chi connectivity index (χ1n) is 8.15. The van der Waals surface area contributed by atoms with Gasteiger partial charge in [-0.05, 0) is 42.4 Å². The highest BCUT2D eigenvalue weighted by atomic mass is 19.1. The third kappa shape index (κ3) is 4.38. The SMILES string of the molecule is CCCC(C)(C)C(O)(CCc1ccc(F)cc1)Cn1cncn1. The zero-order valence-corrected chi connectivity index (χ0v) is 14.2. The first-order valence-corrected chi connectivity index (χ1v) is 8.15. The molecule has 1 N–H and O–H groups in total. The van der Waals surface area contributed by atoms with Crippen molar-refractivity contribution in [3.63, 3.8) is 0 Å². The lowest BCUT2D eigenvalue weighted by atomic mass is 9.69. The highest BCUT2D eigenvalue weighted by molar-refractivity contribution is 5.16. The Balaban J connectivity index is 2.16. The summed E-state index contributed by atoms with van der Waals surface area (Å²) in [5, 5.41) is 15.5. The Hall–Kier alpha value is -1.75. The number of rotatable bonds is 8. The summed E-state index contributed by atoms with van der Waals surface area (Å²) in [6, 6.07) is 6.47. The van der Waals surface area contributed by atoms with Gasteiger partial charge < -0.3 is 5.11 Å². The lowest BCUT2D eigenvalue weighted by Crippen LogP contribution is -2.48. The van der Waals surface area contributed by atoms with Crippen molar-refractivity contribution in [3.8, 4) is 0 Å². The topological polar surface area (TPSA) is 50.9 Å². The number of aliphatic hydroxyl groups is 1. The molecule has 126 valence electrons. The predicted octanol–water partition coefficient (Wildman–Crippen LogP) is 3.61. The molecule has 23 heavy (non-hydrogen) atoms. The first kappa shape index (κ1) is 17.6. The van der Waals surface area contributed by atoms with Gasteiger partial charge in [-0.3, -0.25) is 4.68 Å². The number of benzene rings is 1. The monoisotopic (exact) mass is 319 g/mol. The molecule has 2 rings (SSSR count).